The summed E-state index contributed by atoms with van der Waals surface area (Å²) in [4.78, 5) is 24.5. The zero-order valence-electron chi connectivity index (χ0n) is 20.8. The number of hydrogen-bond donors (Lipinski definition) is 3. The number of carbonyl (C=O) groups excluding carboxylic acids is 2. The second kappa shape index (κ2) is 10.3. The van der Waals surface area contributed by atoms with Crippen LogP contribution in [0.3, 0.4) is 0 Å². The Morgan fingerprint density at radius 1 is 1.08 bits per heavy atom. The van der Waals surface area contributed by atoms with E-state index in [1.54, 1.807) is 24.3 Å². The lowest BCUT2D eigenvalue weighted by molar-refractivity contribution is -0.137. The summed E-state index contributed by atoms with van der Waals surface area (Å²) >= 11 is 0. The van der Waals surface area contributed by atoms with Crippen molar-refractivity contribution < 1.29 is 27.9 Å². The number of aliphatic hydroxyl groups excluding tert-OH is 1. The molecule has 0 spiro atoms. The number of fused-ring (bicyclic) bond motifs is 2. The molecule has 1 atom stereocenters. The van der Waals surface area contributed by atoms with Crippen LogP contribution in [0.1, 0.15) is 22.3 Å². The molecule has 0 radical (unpaired) electrons. The van der Waals surface area contributed by atoms with E-state index in [4.69, 9.17) is 0 Å². The maximum atomic E-state index is 13.1. The first-order valence-corrected chi connectivity index (χ1v) is 12.1. The number of aryl methyl sites for hydroxylation is 1. The van der Waals surface area contributed by atoms with E-state index in [0.29, 0.717) is 28.1 Å². The van der Waals surface area contributed by atoms with Gasteiger partial charge in [-0.25, -0.2) is 0 Å². The molecule has 39 heavy (non-hydrogen) atoms. The Bertz CT molecular complexity index is 1630. The van der Waals surface area contributed by atoms with Crippen LogP contribution in [0.4, 0.5) is 24.5 Å². The van der Waals surface area contributed by atoms with Crippen LogP contribution >= 0.6 is 0 Å². The highest BCUT2D eigenvalue weighted by atomic mass is 19.4. The Morgan fingerprint density at radius 2 is 1.82 bits per heavy atom. The van der Waals surface area contributed by atoms with Crippen molar-refractivity contribution in [2.75, 3.05) is 10.6 Å². The number of hydrogen-bond acceptors (Lipinski definition) is 3. The lowest BCUT2D eigenvalue weighted by Crippen LogP contribution is -2.34. The first-order valence-electron chi connectivity index (χ1n) is 12.1. The molecule has 1 aliphatic heterocycles. The number of allylic oxidation sites excluding steroid dienone is 2. The van der Waals surface area contributed by atoms with Crippen molar-refractivity contribution in [2.45, 2.75) is 18.7 Å². The highest BCUT2D eigenvalue weighted by Crippen LogP contribution is 2.33. The van der Waals surface area contributed by atoms with Gasteiger partial charge in [-0.2, -0.15) is 13.2 Å². The van der Waals surface area contributed by atoms with Crippen LogP contribution in [0.2, 0.25) is 0 Å². The molecule has 2 amide bonds. The third-order valence-electron chi connectivity index (χ3n) is 6.62. The van der Waals surface area contributed by atoms with Crippen LogP contribution < -0.4 is 10.6 Å². The fraction of sp³-hybridized carbons (Fsp3) is 0.133. The number of halogens is 3. The molecular weight excluding hydrogens is 507 g/mol. The number of alkyl halides is 3. The number of anilines is 2. The van der Waals surface area contributed by atoms with Gasteiger partial charge in [-0.3, -0.25) is 9.59 Å². The molecule has 4 aromatic rings. The van der Waals surface area contributed by atoms with Gasteiger partial charge in [-0.15, -0.1) is 0 Å². The van der Waals surface area contributed by atoms with Crippen molar-refractivity contribution in [3.8, 4) is 0 Å². The topological polar surface area (TPSA) is 83.4 Å². The number of rotatable bonds is 5. The average molecular weight is 532 g/mol. The molecule has 0 saturated carbocycles. The van der Waals surface area contributed by atoms with Crippen LogP contribution in [0.15, 0.2) is 91.2 Å². The van der Waals surface area contributed by atoms with Gasteiger partial charge in [0, 0.05) is 53.6 Å². The summed E-state index contributed by atoms with van der Waals surface area (Å²) in [7, 11) is 1.93. The summed E-state index contributed by atoms with van der Waals surface area (Å²) in [6.45, 7) is 0. The van der Waals surface area contributed by atoms with Gasteiger partial charge in [-0.05, 0) is 59.2 Å². The molecule has 0 aliphatic carbocycles. The van der Waals surface area contributed by atoms with Crippen molar-refractivity contribution in [2.24, 2.45) is 7.05 Å². The summed E-state index contributed by atoms with van der Waals surface area (Å²) in [5.74, 6) is -0.947. The van der Waals surface area contributed by atoms with Crippen molar-refractivity contribution in [3.05, 3.63) is 113 Å². The van der Waals surface area contributed by atoms with E-state index in [9.17, 15) is 27.9 Å². The van der Waals surface area contributed by atoms with Crippen molar-refractivity contribution >= 4 is 39.7 Å². The monoisotopic (exact) mass is 531 g/mol. The zero-order valence-corrected chi connectivity index (χ0v) is 20.8. The van der Waals surface area contributed by atoms with Gasteiger partial charge in [0.25, 0.3) is 5.91 Å². The Balaban J connectivity index is 1.44. The largest absolute Gasteiger partial charge is 0.416 e. The van der Waals surface area contributed by atoms with Crippen LogP contribution in [-0.2, 0) is 29.2 Å². The number of nitrogens with one attached hydrogen (secondary N) is 2. The SMILES string of the molecule is Cn1ccc2cc(/C(=C/C=C/C(=O)Nc3cccc4c3CC(O)C(=O)N4)c3ccc(C(F)(F)F)cc3)ccc21. The second-order valence-electron chi connectivity index (χ2n) is 9.24. The van der Waals surface area contributed by atoms with Crippen LogP contribution in [0.25, 0.3) is 16.5 Å². The van der Waals surface area contributed by atoms with Crippen LogP contribution in [0.5, 0.6) is 0 Å². The van der Waals surface area contributed by atoms with E-state index in [0.717, 1.165) is 28.6 Å². The number of aromatic nitrogens is 1. The number of benzene rings is 3. The molecule has 0 bridgehead atoms. The molecule has 0 fully saturated rings. The molecule has 1 unspecified atom stereocenters. The molecule has 9 heteroatoms. The molecule has 0 saturated heterocycles. The maximum absolute atomic E-state index is 13.1. The van der Waals surface area contributed by atoms with E-state index in [1.807, 2.05) is 42.1 Å². The molecule has 6 nitrogen and oxygen atoms in total. The number of carbonyl (C=O) groups is 2. The molecule has 2 heterocycles. The predicted molar refractivity (Wildman–Crippen MR) is 144 cm³/mol. The van der Waals surface area contributed by atoms with Gasteiger partial charge in [0.1, 0.15) is 6.10 Å². The molecule has 3 N–H and O–H groups in total. The second-order valence-corrected chi connectivity index (χ2v) is 9.24. The van der Waals surface area contributed by atoms with E-state index in [2.05, 4.69) is 10.6 Å². The summed E-state index contributed by atoms with van der Waals surface area (Å²) in [5, 5.41) is 16.3. The first kappa shape index (κ1) is 26.0. The lowest BCUT2D eigenvalue weighted by Gasteiger charge is -2.23. The normalized spacial score (nSPS) is 15.9. The van der Waals surface area contributed by atoms with Gasteiger partial charge in [0.15, 0.2) is 0 Å². The van der Waals surface area contributed by atoms with Gasteiger partial charge in [0.05, 0.1) is 5.56 Å². The van der Waals surface area contributed by atoms with Crippen molar-refractivity contribution in [1.29, 1.82) is 0 Å². The third-order valence-corrected chi connectivity index (χ3v) is 6.62. The minimum Gasteiger partial charge on any atom is -0.383 e. The van der Waals surface area contributed by atoms with Gasteiger partial charge in [-0.1, -0.05) is 36.4 Å². The summed E-state index contributed by atoms with van der Waals surface area (Å²) < 4.78 is 41.4. The lowest BCUT2D eigenvalue weighted by atomic mass is 9.95. The zero-order chi connectivity index (χ0) is 27.7. The van der Waals surface area contributed by atoms with Crippen LogP contribution in [-0.4, -0.2) is 27.6 Å². The summed E-state index contributed by atoms with van der Waals surface area (Å²) in [6.07, 6.45) is 0.859. The predicted octanol–water partition coefficient (Wildman–Crippen LogP) is 5.68. The Hall–Kier alpha value is -4.63. The van der Waals surface area contributed by atoms with Crippen molar-refractivity contribution in [1.82, 2.24) is 4.57 Å². The van der Waals surface area contributed by atoms with Crippen molar-refractivity contribution in [3.63, 3.8) is 0 Å². The molecule has 198 valence electrons. The fourth-order valence-corrected chi connectivity index (χ4v) is 4.60. The van der Waals surface area contributed by atoms with Crippen LogP contribution in [0, 0.1) is 0 Å². The Labute approximate surface area is 222 Å². The van der Waals surface area contributed by atoms with E-state index in [1.165, 1.54) is 24.3 Å². The standard InChI is InChI=1S/C30H24F3N3O3/c1-36-15-14-20-16-19(10-13-26(20)36)22(18-8-11-21(12-9-18)30(31,32)33)4-2-7-28(38)34-24-5-3-6-25-23(24)17-27(37)29(39)35-25/h2-16,27,37H,17H2,1H3,(H,34,38)(H,35,39)/b7-2+,22-4+. The minimum atomic E-state index is -4.45. The minimum absolute atomic E-state index is 0.0707. The van der Waals surface area contributed by atoms with Gasteiger partial charge in [0.2, 0.25) is 5.91 Å². The third kappa shape index (κ3) is 5.49. The molecule has 5 rings (SSSR count). The number of amides is 2. The highest BCUT2D eigenvalue weighted by Gasteiger charge is 2.30. The summed E-state index contributed by atoms with van der Waals surface area (Å²) in [5.41, 5.74) is 3.84. The smallest absolute Gasteiger partial charge is 0.383 e. The quantitative estimate of drug-likeness (QED) is 0.229. The number of aliphatic hydroxyl groups is 1. The van der Waals surface area contributed by atoms with Gasteiger partial charge < -0.3 is 20.3 Å². The summed E-state index contributed by atoms with van der Waals surface area (Å²) in [6, 6.07) is 17.6. The molecular formula is C30H24F3N3O3. The highest BCUT2D eigenvalue weighted by molar-refractivity contribution is 6.03. The molecule has 1 aromatic heterocycles. The Morgan fingerprint density at radius 3 is 2.56 bits per heavy atom. The first-order chi connectivity index (χ1) is 18.6. The fourth-order valence-electron chi connectivity index (χ4n) is 4.60. The molecule has 3 aromatic carbocycles. The maximum Gasteiger partial charge on any atom is 0.416 e. The Kier molecular flexibility index (Phi) is 6.84. The van der Waals surface area contributed by atoms with E-state index < -0.39 is 29.7 Å². The average Bonchev–Trinajstić information content (AvgIpc) is 3.27. The molecule has 1 aliphatic rings. The van der Waals surface area contributed by atoms with E-state index >= 15 is 0 Å². The van der Waals surface area contributed by atoms with E-state index in [-0.39, 0.29) is 6.42 Å². The van der Waals surface area contributed by atoms with Gasteiger partial charge >= 0.3 is 6.18 Å². The number of nitrogens with zero attached hydrogens (tertiary/aromatic N) is 1.